The van der Waals surface area contributed by atoms with Crippen molar-refractivity contribution >= 4 is 10.8 Å². The summed E-state index contributed by atoms with van der Waals surface area (Å²) in [5, 5.41) is 2.86. The topological polar surface area (TPSA) is 0 Å². The van der Waals surface area contributed by atoms with Gasteiger partial charge in [0.15, 0.2) is 0 Å². The summed E-state index contributed by atoms with van der Waals surface area (Å²) in [4.78, 5) is 0. The minimum Gasteiger partial charge on any atom is -0.165 e. The van der Waals surface area contributed by atoms with E-state index in [0.29, 0.717) is 0 Å². The van der Waals surface area contributed by atoms with Gasteiger partial charge in [-0.3, -0.25) is 0 Å². The van der Waals surface area contributed by atoms with E-state index in [-0.39, 0.29) is 25.8 Å². The van der Waals surface area contributed by atoms with Crippen molar-refractivity contribution in [1.82, 2.24) is 0 Å². The first-order valence-electron chi connectivity index (χ1n) is 4.88. The van der Waals surface area contributed by atoms with E-state index in [0.717, 1.165) is 6.42 Å². The molecule has 14 heavy (non-hydrogen) atoms. The molecule has 2 aromatic carbocycles. The zero-order chi connectivity index (χ0) is 9.42. The van der Waals surface area contributed by atoms with Crippen LogP contribution in [-0.4, -0.2) is 0 Å². The molecule has 0 heterocycles. The van der Waals surface area contributed by atoms with Crippen molar-refractivity contribution in [1.29, 1.82) is 0 Å². The SMILES string of the molecule is CCc1cc2c(C)ccc(C)c2[cH-]1.[Hf]. The summed E-state index contributed by atoms with van der Waals surface area (Å²) in [7, 11) is 0. The van der Waals surface area contributed by atoms with Crippen molar-refractivity contribution in [2.75, 3.05) is 0 Å². The number of rotatable bonds is 1. The van der Waals surface area contributed by atoms with Gasteiger partial charge in [0.1, 0.15) is 0 Å². The van der Waals surface area contributed by atoms with Gasteiger partial charge in [-0.1, -0.05) is 25.5 Å². The van der Waals surface area contributed by atoms with E-state index >= 15 is 0 Å². The van der Waals surface area contributed by atoms with Crippen LogP contribution in [0.2, 0.25) is 0 Å². The van der Waals surface area contributed by atoms with Gasteiger partial charge in [-0.05, 0) is 13.3 Å². The molecule has 0 amide bonds. The monoisotopic (exact) mass is 351 g/mol. The van der Waals surface area contributed by atoms with Crippen molar-refractivity contribution in [3.8, 4) is 0 Å². The molecule has 0 nitrogen and oxygen atoms in total. The van der Waals surface area contributed by atoms with Crippen molar-refractivity contribution < 1.29 is 25.8 Å². The summed E-state index contributed by atoms with van der Waals surface area (Å²) >= 11 is 0. The van der Waals surface area contributed by atoms with Gasteiger partial charge in [-0.15, -0.1) is 34.0 Å². The Morgan fingerprint density at radius 1 is 1.14 bits per heavy atom. The molecular formula is C13H15Hf-. The number of hydrogen-bond acceptors (Lipinski definition) is 0. The van der Waals surface area contributed by atoms with Gasteiger partial charge in [-0.2, -0.15) is 6.07 Å². The second-order valence-electron chi connectivity index (χ2n) is 3.74. The zero-order valence-electron chi connectivity index (χ0n) is 9.02. The third-order valence-electron chi connectivity index (χ3n) is 2.79. The molecule has 0 radical (unpaired) electrons. The molecule has 2 aromatic rings. The molecule has 0 atom stereocenters. The molecule has 2 rings (SSSR count). The fourth-order valence-corrected chi connectivity index (χ4v) is 1.85. The molecule has 0 aliphatic carbocycles. The van der Waals surface area contributed by atoms with E-state index < -0.39 is 0 Å². The van der Waals surface area contributed by atoms with Crippen LogP contribution in [0.15, 0.2) is 24.3 Å². The summed E-state index contributed by atoms with van der Waals surface area (Å²) in [6, 6.07) is 9.05. The Hall–Kier alpha value is -0.300. The predicted octanol–water partition coefficient (Wildman–Crippen LogP) is 3.74. The van der Waals surface area contributed by atoms with Gasteiger partial charge in [0.25, 0.3) is 0 Å². The molecule has 0 fully saturated rings. The number of benzene rings is 1. The maximum atomic E-state index is 2.32. The Morgan fingerprint density at radius 3 is 2.36 bits per heavy atom. The molecular weight excluding hydrogens is 335 g/mol. The van der Waals surface area contributed by atoms with Crippen molar-refractivity contribution in [2.24, 2.45) is 0 Å². The van der Waals surface area contributed by atoms with Gasteiger partial charge >= 0.3 is 0 Å². The molecule has 0 N–H and O–H groups in total. The van der Waals surface area contributed by atoms with Crippen LogP contribution in [0.25, 0.3) is 10.8 Å². The van der Waals surface area contributed by atoms with Gasteiger partial charge in [0.05, 0.1) is 0 Å². The summed E-state index contributed by atoms with van der Waals surface area (Å²) in [6.07, 6.45) is 1.13. The quantitative estimate of drug-likeness (QED) is 0.543. The van der Waals surface area contributed by atoms with E-state index in [2.05, 4.69) is 45.0 Å². The Bertz CT molecular complexity index is 399. The number of aryl methyl sites for hydroxylation is 3. The first kappa shape index (κ1) is 11.8. The average molecular weight is 350 g/mol. The molecule has 0 aromatic heterocycles. The zero-order valence-corrected chi connectivity index (χ0v) is 12.6. The Labute approximate surface area is 104 Å². The molecule has 0 spiro atoms. The first-order chi connectivity index (χ1) is 6.22. The van der Waals surface area contributed by atoms with E-state index in [1.54, 1.807) is 0 Å². The van der Waals surface area contributed by atoms with E-state index in [4.69, 9.17) is 0 Å². The van der Waals surface area contributed by atoms with Crippen molar-refractivity contribution in [3.63, 3.8) is 0 Å². The molecule has 0 saturated heterocycles. The van der Waals surface area contributed by atoms with E-state index in [9.17, 15) is 0 Å². The summed E-state index contributed by atoms with van der Waals surface area (Å²) < 4.78 is 0. The Morgan fingerprint density at radius 2 is 1.79 bits per heavy atom. The fourth-order valence-electron chi connectivity index (χ4n) is 1.85. The maximum absolute atomic E-state index is 2.32. The number of fused-ring (bicyclic) bond motifs is 1. The summed E-state index contributed by atoms with van der Waals surface area (Å²) in [6.45, 7) is 6.57. The smallest absolute Gasteiger partial charge is 0 e. The normalized spacial score (nSPS) is 10.2. The second-order valence-corrected chi connectivity index (χ2v) is 3.74. The van der Waals surface area contributed by atoms with E-state index in [1.807, 2.05) is 0 Å². The molecule has 72 valence electrons. The van der Waals surface area contributed by atoms with Crippen LogP contribution in [-0.2, 0) is 32.3 Å². The standard InChI is InChI=1S/C13H15.Hf/c1-4-11-7-12-9(2)5-6-10(3)13(12)8-11;/h5-8H,4H2,1-3H3;/q-1;. The van der Waals surface area contributed by atoms with Crippen LogP contribution in [0.1, 0.15) is 23.6 Å². The van der Waals surface area contributed by atoms with Crippen molar-refractivity contribution in [3.05, 3.63) is 41.0 Å². The minimum atomic E-state index is 0. The average Bonchev–Trinajstić information content (AvgIpc) is 2.56. The fraction of sp³-hybridized carbons (Fsp3) is 0.308. The van der Waals surface area contributed by atoms with E-state index in [1.165, 1.54) is 27.5 Å². The van der Waals surface area contributed by atoms with Gasteiger partial charge in [-0.25, -0.2) is 0 Å². The largest absolute Gasteiger partial charge is 0.165 e. The third-order valence-corrected chi connectivity index (χ3v) is 2.79. The Balaban J connectivity index is 0.000000980. The van der Waals surface area contributed by atoms with Crippen LogP contribution < -0.4 is 0 Å². The second kappa shape index (κ2) is 4.48. The Kier molecular flexibility index (Phi) is 3.77. The molecule has 0 aliphatic heterocycles. The van der Waals surface area contributed by atoms with Crippen LogP contribution in [0.5, 0.6) is 0 Å². The van der Waals surface area contributed by atoms with Gasteiger partial charge in [0.2, 0.25) is 0 Å². The molecule has 1 heteroatoms. The molecule has 0 saturated carbocycles. The summed E-state index contributed by atoms with van der Waals surface area (Å²) in [5.74, 6) is 0. The third kappa shape index (κ3) is 1.88. The molecule has 0 unspecified atom stereocenters. The van der Waals surface area contributed by atoms with Crippen LogP contribution in [0.3, 0.4) is 0 Å². The van der Waals surface area contributed by atoms with Crippen LogP contribution in [0.4, 0.5) is 0 Å². The summed E-state index contributed by atoms with van der Waals surface area (Å²) in [5.41, 5.74) is 4.23. The van der Waals surface area contributed by atoms with Crippen molar-refractivity contribution in [2.45, 2.75) is 27.2 Å². The maximum Gasteiger partial charge on any atom is 0 e. The van der Waals surface area contributed by atoms with Gasteiger partial charge in [0, 0.05) is 25.8 Å². The minimum absolute atomic E-state index is 0. The van der Waals surface area contributed by atoms with Gasteiger partial charge < -0.3 is 0 Å². The first-order valence-corrected chi connectivity index (χ1v) is 4.88. The number of hydrogen-bond donors (Lipinski definition) is 0. The molecule has 0 bridgehead atoms. The van der Waals surface area contributed by atoms with Crippen LogP contribution in [0, 0.1) is 13.8 Å². The molecule has 0 aliphatic rings. The van der Waals surface area contributed by atoms with Crippen LogP contribution >= 0.6 is 0 Å². The predicted molar refractivity (Wildman–Crippen MR) is 58.4 cm³/mol.